The van der Waals surface area contributed by atoms with Gasteiger partial charge in [0.2, 0.25) is 5.91 Å². The van der Waals surface area contributed by atoms with E-state index < -0.39 is 0 Å². The second-order valence-corrected chi connectivity index (χ2v) is 11.2. The number of carbonyl (C=O) groups excluding carboxylic acids is 2. The molecule has 0 radical (unpaired) electrons. The van der Waals surface area contributed by atoms with E-state index in [4.69, 9.17) is 0 Å². The third-order valence-electron chi connectivity index (χ3n) is 7.20. The van der Waals surface area contributed by atoms with E-state index in [1.54, 1.807) is 0 Å². The lowest BCUT2D eigenvalue weighted by Crippen LogP contribution is -2.53. The highest BCUT2D eigenvalue weighted by atomic mass is 32.2. The van der Waals surface area contributed by atoms with Crippen LogP contribution >= 0.6 is 11.8 Å². The molecule has 6 nitrogen and oxygen atoms in total. The summed E-state index contributed by atoms with van der Waals surface area (Å²) in [5.74, 6) is 1.84. The van der Waals surface area contributed by atoms with Gasteiger partial charge in [0.05, 0.1) is 26.2 Å². The number of rotatable bonds is 15. The molecule has 2 N–H and O–H groups in total. The summed E-state index contributed by atoms with van der Waals surface area (Å²) in [6.45, 7) is 19.1. The van der Waals surface area contributed by atoms with Gasteiger partial charge in [0.15, 0.2) is 6.54 Å². The standard InChI is InChI=1S/C30H46N4O2S/c1-8-17-33(20-27(35)31-29-23(4)13-11-14-24(29)5)22-37-19-18-34(9-2,10-3)21-28(36)32-30-25(6)15-12-16-26(30)7/h11-16H,8-10,17-22H2,1-7H3,(H-,31,32,35,36)/p+1. The van der Waals surface area contributed by atoms with Crippen LogP contribution in [-0.4, -0.2) is 72.1 Å². The number of nitrogens with one attached hydrogen (secondary N) is 2. The predicted octanol–water partition coefficient (Wildman–Crippen LogP) is 5.76. The number of aryl methyl sites for hydroxylation is 4. The predicted molar refractivity (Wildman–Crippen MR) is 159 cm³/mol. The SMILES string of the molecule is CCCN(CSCC[N+](CC)(CC)CC(=O)Nc1c(C)cccc1C)CC(=O)Nc1c(C)cccc1C. The number of amides is 2. The third kappa shape index (κ3) is 9.47. The Morgan fingerprint density at radius 2 is 1.30 bits per heavy atom. The molecule has 2 rings (SSSR count). The van der Waals surface area contributed by atoms with E-state index in [1.807, 2.05) is 75.9 Å². The van der Waals surface area contributed by atoms with Crippen LogP contribution < -0.4 is 10.6 Å². The van der Waals surface area contributed by atoms with Crippen molar-refractivity contribution in [2.24, 2.45) is 0 Å². The van der Waals surface area contributed by atoms with E-state index in [-0.39, 0.29) is 11.8 Å². The first kappa shape index (κ1) is 30.9. The van der Waals surface area contributed by atoms with Crippen LogP contribution in [0.5, 0.6) is 0 Å². The smallest absolute Gasteiger partial charge is 0.279 e. The van der Waals surface area contributed by atoms with Gasteiger partial charge in [-0.05, 0) is 76.8 Å². The maximum atomic E-state index is 13.0. The molecular formula is C30H47N4O2S+. The summed E-state index contributed by atoms with van der Waals surface area (Å²) in [6.07, 6.45) is 1.000. The van der Waals surface area contributed by atoms with Crippen LogP contribution in [0.3, 0.4) is 0 Å². The molecule has 0 aliphatic carbocycles. The molecule has 0 bridgehead atoms. The lowest BCUT2D eigenvalue weighted by molar-refractivity contribution is -0.914. The number of hydrogen-bond donors (Lipinski definition) is 2. The van der Waals surface area contributed by atoms with Gasteiger partial charge in [-0.3, -0.25) is 14.5 Å². The number of anilines is 2. The molecule has 0 fully saturated rings. The molecule has 0 aliphatic rings. The summed E-state index contributed by atoms with van der Waals surface area (Å²) in [7, 11) is 0. The molecule has 0 atom stereocenters. The van der Waals surface area contributed by atoms with Crippen molar-refractivity contribution in [2.75, 3.05) is 61.5 Å². The molecule has 0 spiro atoms. The van der Waals surface area contributed by atoms with Crippen molar-refractivity contribution >= 4 is 35.0 Å². The molecule has 0 saturated heterocycles. The van der Waals surface area contributed by atoms with E-state index in [2.05, 4.69) is 36.3 Å². The van der Waals surface area contributed by atoms with Crippen LogP contribution in [0.2, 0.25) is 0 Å². The van der Waals surface area contributed by atoms with Crippen LogP contribution in [0, 0.1) is 27.7 Å². The van der Waals surface area contributed by atoms with Gasteiger partial charge in [0.1, 0.15) is 0 Å². The quantitative estimate of drug-likeness (QED) is 0.176. The average molecular weight is 528 g/mol. The van der Waals surface area contributed by atoms with Gasteiger partial charge in [-0.25, -0.2) is 0 Å². The number of para-hydroxylation sites is 2. The molecule has 0 unspecified atom stereocenters. The Balaban J connectivity index is 1.89. The highest BCUT2D eigenvalue weighted by Crippen LogP contribution is 2.21. The average Bonchev–Trinajstić information content (AvgIpc) is 2.86. The second-order valence-electron chi connectivity index (χ2n) is 10.1. The Morgan fingerprint density at radius 1 is 0.811 bits per heavy atom. The minimum atomic E-state index is 0.0295. The zero-order chi connectivity index (χ0) is 27.4. The Bertz CT molecular complexity index is 996. The molecule has 204 valence electrons. The van der Waals surface area contributed by atoms with Crippen molar-refractivity contribution < 1.29 is 14.1 Å². The number of likely N-dealkylation sites (N-methyl/N-ethyl adjacent to an activating group) is 1. The fraction of sp³-hybridized carbons (Fsp3) is 0.533. The Kier molecular flexibility index (Phi) is 12.6. The van der Waals surface area contributed by atoms with Crippen molar-refractivity contribution in [3.8, 4) is 0 Å². The van der Waals surface area contributed by atoms with Gasteiger partial charge in [-0.15, -0.1) is 11.8 Å². The van der Waals surface area contributed by atoms with Crippen molar-refractivity contribution in [3.63, 3.8) is 0 Å². The molecular weight excluding hydrogens is 480 g/mol. The highest BCUT2D eigenvalue weighted by molar-refractivity contribution is 7.99. The van der Waals surface area contributed by atoms with Crippen molar-refractivity contribution in [3.05, 3.63) is 58.7 Å². The largest absolute Gasteiger partial charge is 0.324 e. The monoisotopic (exact) mass is 527 g/mol. The number of hydrogen-bond acceptors (Lipinski definition) is 4. The van der Waals surface area contributed by atoms with E-state index in [0.29, 0.717) is 13.1 Å². The van der Waals surface area contributed by atoms with Crippen LogP contribution in [0.4, 0.5) is 11.4 Å². The first-order valence-corrected chi connectivity index (χ1v) is 14.7. The molecule has 2 aromatic carbocycles. The van der Waals surface area contributed by atoms with E-state index in [1.165, 1.54) is 0 Å². The molecule has 0 aromatic heterocycles. The Morgan fingerprint density at radius 3 is 1.76 bits per heavy atom. The van der Waals surface area contributed by atoms with Crippen molar-refractivity contribution in [1.29, 1.82) is 0 Å². The number of benzene rings is 2. The third-order valence-corrected chi connectivity index (χ3v) is 8.22. The molecule has 2 amide bonds. The molecule has 0 heterocycles. The Hall–Kier alpha value is -2.35. The van der Waals surface area contributed by atoms with Gasteiger partial charge in [0, 0.05) is 23.0 Å². The zero-order valence-corrected chi connectivity index (χ0v) is 24.8. The topological polar surface area (TPSA) is 61.4 Å². The fourth-order valence-corrected chi connectivity index (χ4v) is 5.81. The maximum absolute atomic E-state index is 13.0. The lowest BCUT2D eigenvalue weighted by atomic mass is 10.1. The zero-order valence-electron chi connectivity index (χ0n) is 23.9. The normalized spacial score (nSPS) is 11.6. The number of quaternary nitrogens is 1. The summed E-state index contributed by atoms with van der Waals surface area (Å²) < 4.78 is 0.755. The minimum Gasteiger partial charge on any atom is -0.324 e. The minimum absolute atomic E-state index is 0.0295. The van der Waals surface area contributed by atoms with Crippen LogP contribution in [-0.2, 0) is 9.59 Å². The second kappa shape index (κ2) is 15.2. The van der Waals surface area contributed by atoms with E-state index in [9.17, 15) is 9.59 Å². The number of nitrogens with zero attached hydrogens (tertiary/aromatic N) is 2. The summed E-state index contributed by atoms with van der Waals surface area (Å²) in [6, 6.07) is 12.1. The van der Waals surface area contributed by atoms with Gasteiger partial charge in [-0.2, -0.15) is 0 Å². The molecule has 37 heavy (non-hydrogen) atoms. The van der Waals surface area contributed by atoms with Gasteiger partial charge < -0.3 is 15.1 Å². The van der Waals surface area contributed by atoms with Crippen molar-refractivity contribution in [2.45, 2.75) is 54.9 Å². The summed E-state index contributed by atoms with van der Waals surface area (Å²) in [5, 5.41) is 6.28. The maximum Gasteiger partial charge on any atom is 0.279 e. The highest BCUT2D eigenvalue weighted by Gasteiger charge is 2.27. The van der Waals surface area contributed by atoms with Crippen molar-refractivity contribution in [1.82, 2.24) is 4.90 Å². The van der Waals surface area contributed by atoms with Crippen LogP contribution in [0.25, 0.3) is 0 Å². The molecule has 7 heteroatoms. The first-order chi connectivity index (χ1) is 17.6. The number of carbonyl (C=O) groups is 2. The van der Waals surface area contributed by atoms with Gasteiger partial charge >= 0.3 is 0 Å². The lowest BCUT2D eigenvalue weighted by Gasteiger charge is -2.36. The Labute approximate surface area is 228 Å². The van der Waals surface area contributed by atoms with E-state index >= 15 is 0 Å². The summed E-state index contributed by atoms with van der Waals surface area (Å²) in [4.78, 5) is 28.0. The molecule has 0 aliphatic heterocycles. The summed E-state index contributed by atoms with van der Waals surface area (Å²) in [5.41, 5.74) is 6.20. The first-order valence-electron chi connectivity index (χ1n) is 13.5. The summed E-state index contributed by atoms with van der Waals surface area (Å²) >= 11 is 1.85. The van der Waals surface area contributed by atoms with Gasteiger partial charge in [-0.1, -0.05) is 43.3 Å². The van der Waals surface area contributed by atoms with Crippen LogP contribution in [0.1, 0.15) is 49.4 Å². The number of thioether (sulfide) groups is 1. The molecule has 0 saturated carbocycles. The molecule has 2 aromatic rings. The fourth-order valence-electron chi connectivity index (χ4n) is 4.69. The van der Waals surface area contributed by atoms with Gasteiger partial charge in [0.25, 0.3) is 5.91 Å². The van der Waals surface area contributed by atoms with E-state index in [0.717, 1.165) is 82.3 Å². The van der Waals surface area contributed by atoms with Crippen LogP contribution in [0.15, 0.2) is 36.4 Å².